The number of halogens is 2. The van der Waals surface area contributed by atoms with Crippen molar-refractivity contribution in [3.05, 3.63) is 70.0 Å². The van der Waals surface area contributed by atoms with E-state index in [-0.39, 0.29) is 17.0 Å². The molecule has 0 saturated heterocycles. The van der Waals surface area contributed by atoms with Crippen LogP contribution >= 0.6 is 11.6 Å². The van der Waals surface area contributed by atoms with Crippen molar-refractivity contribution in [3.8, 4) is 0 Å². The van der Waals surface area contributed by atoms with Gasteiger partial charge in [0, 0.05) is 5.41 Å². The van der Waals surface area contributed by atoms with E-state index in [1.807, 2.05) is 12.1 Å². The van der Waals surface area contributed by atoms with Gasteiger partial charge < -0.3 is 5.11 Å². The van der Waals surface area contributed by atoms with Crippen LogP contribution in [0, 0.1) is 5.82 Å². The first kappa shape index (κ1) is 14.6. The molecule has 0 spiro atoms. The molecule has 2 aromatic rings. The first-order valence-electron chi connectivity index (χ1n) is 7.28. The highest BCUT2D eigenvalue weighted by molar-refractivity contribution is 6.30. The Bertz CT molecular complexity index is 655. The van der Waals surface area contributed by atoms with Gasteiger partial charge in [0.25, 0.3) is 0 Å². The monoisotopic (exact) mass is 304 g/mol. The topological polar surface area (TPSA) is 20.2 Å². The van der Waals surface area contributed by atoms with Gasteiger partial charge in [-0.25, -0.2) is 4.39 Å². The first-order chi connectivity index (χ1) is 10.1. The number of fused-ring (bicyclic) bond motifs is 1. The molecular formula is C18H18ClFO. The van der Waals surface area contributed by atoms with E-state index >= 15 is 0 Å². The lowest BCUT2D eigenvalue weighted by Gasteiger charge is -2.38. The lowest BCUT2D eigenvalue weighted by atomic mass is 9.67. The van der Waals surface area contributed by atoms with Crippen molar-refractivity contribution in [3.63, 3.8) is 0 Å². The van der Waals surface area contributed by atoms with E-state index in [0.717, 1.165) is 24.8 Å². The molecule has 3 rings (SSSR count). The fourth-order valence-electron chi connectivity index (χ4n) is 3.45. The number of rotatable bonds is 3. The van der Waals surface area contributed by atoms with E-state index in [4.69, 9.17) is 11.6 Å². The maximum atomic E-state index is 13.3. The van der Waals surface area contributed by atoms with Crippen molar-refractivity contribution in [1.82, 2.24) is 0 Å². The number of benzene rings is 2. The van der Waals surface area contributed by atoms with Crippen LogP contribution in [0.25, 0.3) is 0 Å². The Morgan fingerprint density at radius 1 is 1.19 bits per heavy atom. The average Bonchev–Trinajstić information content (AvgIpc) is 2.51. The molecule has 1 unspecified atom stereocenters. The summed E-state index contributed by atoms with van der Waals surface area (Å²) >= 11 is 5.88. The van der Waals surface area contributed by atoms with Gasteiger partial charge in [-0.05, 0) is 54.5 Å². The lowest BCUT2D eigenvalue weighted by Crippen LogP contribution is -2.37. The van der Waals surface area contributed by atoms with Crippen molar-refractivity contribution in [2.24, 2.45) is 0 Å². The van der Waals surface area contributed by atoms with Crippen LogP contribution in [0.3, 0.4) is 0 Å². The predicted molar refractivity (Wildman–Crippen MR) is 83.3 cm³/mol. The maximum Gasteiger partial charge on any atom is 0.141 e. The van der Waals surface area contributed by atoms with Gasteiger partial charge in [-0.1, -0.05) is 41.9 Å². The Balaban J connectivity index is 2.00. The number of aryl methyl sites for hydroxylation is 1. The molecular weight excluding hydrogens is 287 g/mol. The third-order valence-corrected chi connectivity index (χ3v) is 4.81. The lowest BCUT2D eigenvalue weighted by molar-refractivity contribution is 0.173. The molecule has 0 bridgehead atoms. The SMILES string of the molecule is OCC1(Cc2ccc(F)c(Cl)c2)CCCc2ccccc21. The fraction of sp³-hybridized carbons (Fsp3) is 0.333. The average molecular weight is 305 g/mol. The Labute approximate surface area is 129 Å². The van der Waals surface area contributed by atoms with Crippen molar-refractivity contribution < 1.29 is 9.50 Å². The quantitative estimate of drug-likeness (QED) is 0.897. The Kier molecular flexibility index (Phi) is 4.01. The molecule has 0 fully saturated rings. The van der Waals surface area contributed by atoms with Gasteiger partial charge in [-0.15, -0.1) is 0 Å². The molecule has 1 aliphatic rings. The molecule has 1 aliphatic carbocycles. The number of hydrogen-bond acceptors (Lipinski definition) is 1. The Morgan fingerprint density at radius 3 is 2.76 bits per heavy atom. The smallest absolute Gasteiger partial charge is 0.141 e. The minimum absolute atomic E-state index is 0.0962. The van der Waals surface area contributed by atoms with Gasteiger partial charge in [0.2, 0.25) is 0 Å². The van der Waals surface area contributed by atoms with Crippen LogP contribution in [-0.2, 0) is 18.3 Å². The second-order valence-corrected chi connectivity index (χ2v) is 6.28. The molecule has 0 aromatic heterocycles. The third-order valence-electron chi connectivity index (χ3n) is 4.52. The summed E-state index contributed by atoms with van der Waals surface area (Å²) in [5.74, 6) is -0.400. The summed E-state index contributed by atoms with van der Waals surface area (Å²) in [6, 6.07) is 13.1. The molecule has 0 amide bonds. The van der Waals surface area contributed by atoms with Crippen molar-refractivity contribution in [2.75, 3.05) is 6.61 Å². The molecule has 0 radical (unpaired) electrons. The molecule has 1 atom stereocenters. The van der Waals surface area contributed by atoms with Crippen LogP contribution in [0.5, 0.6) is 0 Å². The Hall–Kier alpha value is -1.38. The van der Waals surface area contributed by atoms with Crippen LogP contribution in [0.15, 0.2) is 42.5 Å². The predicted octanol–water partition coefficient (Wildman–Crippen LogP) is 4.29. The number of hydrogen-bond donors (Lipinski definition) is 1. The highest BCUT2D eigenvalue weighted by Gasteiger charge is 2.36. The van der Waals surface area contributed by atoms with E-state index in [2.05, 4.69) is 12.1 Å². The fourth-order valence-corrected chi connectivity index (χ4v) is 3.65. The van der Waals surface area contributed by atoms with Crippen molar-refractivity contribution >= 4 is 11.6 Å². The molecule has 2 aromatic carbocycles. The maximum absolute atomic E-state index is 13.3. The van der Waals surface area contributed by atoms with Crippen LogP contribution < -0.4 is 0 Å². The summed E-state index contributed by atoms with van der Waals surface area (Å²) in [5.41, 5.74) is 3.22. The standard InChI is InChI=1S/C18H18ClFO/c19-16-10-13(7-8-17(16)20)11-18(12-21)9-3-5-14-4-1-2-6-15(14)18/h1-2,4,6-8,10,21H,3,5,9,11-12H2. The second kappa shape index (κ2) is 5.78. The molecule has 1 N–H and O–H groups in total. The van der Waals surface area contributed by atoms with E-state index in [9.17, 15) is 9.50 Å². The first-order valence-corrected chi connectivity index (χ1v) is 7.66. The van der Waals surface area contributed by atoms with Crippen LogP contribution in [0.2, 0.25) is 5.02 Å². The van der Waals surface area contributed by atoms with E-state index in [1.54, 1.807) is 12.1 Å². The summed E-state index contributed by atoms with van der Waals surface area (Å²) in [6.07, 6.45) is 3.74. The third kappa shape index (κ3) is 2.70. The van der Waals surface area contributed by atoms with E-state index in [1.165, 1.54) is 17.2 Å². The van der Waals surface area contributed by atoms with E-state index < -0.39 is 5.82 Å². The van der Waals surface area contributed by atoms with Gasteiger partial charge in [-0.3, -0.25) is 0 Å². The van der Waals surface area contributed by atoms with Gasteiger partial charge in [0.15, 0.2) is 0 Å². The van der Waals surface area contributed by atoms with Crippen molar-refractivity contribution in [1.29, 1.82) is 0 Å². The molecule has 110 valence electrons. The van der Waals surface area contributed by atoms with Gasteiger partial charge in [-0.2, -0.15) is 0 Å². The number of aliphatic hydroxyl groups is 1. The summed E-state index contributed by atoms with van der Waals surface area (Å²) in [7, 11) is 0. The second-order valence-electron chi connectivity index (χ2n) is 5.87. The molecule has 0 saturated carbocycles. The van der Waals surface area contributed by atoms with Crippen LogP contribution in [0.4, 0.5) is 4.39 Å². The molecule has 3 heteroatoms. The van der Waals surface area contributed by atoms with Gasteiger partial charge in [0.1, 0.15) is 5.82 Å². The normalized spacial score (nSPS) is 21.1. The highest BCUT2D eigenvalue weighted by Crippen LogP contribution is 2.40. The largest absolute Gasteiger partial charge is 0.395 e. The molecule has 21 heavy (non-hydrogen) atoms. The summed E-state index contributed by atoms with van der Waals surface area (Å²) < 4.78 is 13.3. The molecule has 0 heterocycles. The zero-order valence-corrected chi connectivity index (χ0v) is 12.5. The van der Waals surface area contributed by atoms with E-state index in [0.29, 0.717) is 6.42 Å². The molecule has 1 nitrogen and oxygen atoms in total. The summed E-state index contributed by atoms with van der Waals surface area (Å²) in [5, 5.41) is 10.2. The molecule has 0 aliphatic heterocycles. The summed E-state index contributed by atoms with van der Waals surface area (Å²) in [4.78, 5) is 0. The summed E-state index contributed by atoms with van der Waals surface area (Å²) in [6.45, 7) is 0.0962. The van der Waals surface area contributed by atoms with Gasteiger partial charge in [0.05, 0.1) is 11.6 Å². The number of aliphatic hydroxyl groups excluding tert-OH is 1. The van der Waals surface area contributed by atoms with Gasteiger partial charge >= 0.3 is 0 Å². The Morgan fingerprint density at radius 2 is 2.00 bits per heavy atom. The highest BCUT2D eigenvalue weighted by atomic mass is 35.5. The van der Waals surface area contributed by atoms with Crippen LogP contribution in [0.1, 0.15) is 29.5 Å². The zero-order chi connectivity index (χ0) is 14.9. The van der Waals surface area contributed by atoms with Crippen LogP contribution in [-0.4, -0.2) is 11.7 Å². The zero-order valence-electron chi connectivity index (χ0n) is 11.8. The minimum Gasteiger partial charge on any atom is -0.395 e. The minimum atomic E-state index is -0.400. The van der Waals surface area contributed by atoms with Crippen molar-refractivity contribution in [2.45, 2.75) is 31.1 Å².